The lowest BCUT2D eigenvalue weighted by molar-refractivity contribution is 0.102. The van der Waals surface area contributed by atoms with Gasteiger partial charge in [0.1, 0.15) is 10.6 Å². The summed E-state index contributed by atoms with van der Waals surface area (Å²) >= 11 is 0. The largest absolute Gasteiger partial charge is 0.495 e. The Morgan fingerprint density at radius 3 is 2.44 bits per heavy atom. The van der Waals surface area contributed by atoms with Gasteiger partial charge in [0.05, 0.1) is 18.5 Å². The standard InChI is InChI=1S/C18H21N3O4S.ClH/c1-25-16-9-8-13(18(22)20-15-7-3-2-6-14(15)19)12-17(16)26(23,24)21-10-4-5-11-21;/h2-3,6-9,12H,4-5,10-11,19H2,1H3,(H,20,22);1H. The molecule has 1 fully saturated rings. The molecule has 0 bridgehead atoms. The maximum Gasteiger partial charge on any atom is 0.255 e. The highest BCUT2D eigenvalue weighted by Gasteiger charge is 2.30. The van der Waals surface area contributed by atoms with Crippen LogP contribution in [0.1, 0.15) is 23.2 Å². The maximum absolute atomic E-state index is 12.9. The van der Waals surface area contributed by atoms with Gasteiger partial charge < -0.3 is 15.8 Å². The smallest absolute Gasteiger partial charge is 0.255 e. The van der Waals surface area contributed by atoms with Gasteiger partial charge in [-0.1, -0.05) is 12.1 Å². The Morgan fingerprint density at radius 2 is 1.81 bits per heavy atom. The molecule has 2 aromatic rings. The third kappa shape index (κ3) is 4.35. The number of carbonyl (C=O) groups is 1. The second kappa shape index (κ2) is 8.60. The van der Waals surface area contributed by atoms with E-state index in [0.717, 1.165) is 12.8 Å². The number of benzene rings is 2. The highest BCUT2D eigenvalue weighted by molar-refractivity contribution is 7.89. The highest BCUT2D eigenvalue weighted by atomic mass is 35.5. The second-order valence-electron chi connectivity index (χ2n) is 6.02. The molecular formula is C18H22ClN3O4S. The van der Waals surface area contributed by atoms with Crippen LogP contribution in [0.5, 0.6) is 5.75 Å². The Bertz CT molecular complexity index is 928. The topological polar surface area (TPSA) is 102 Å². The summed E-state index contributed by atoms with van der Waals surface area (Å²) in [6.07, 6.45) is 1.66. The highest BCUT2D eigenvalue weighted by Crippen LogP contribution is 2.30. The molecule has 1 saturated heterocycles. The van der Waals surface area contributed by atoms with Gasteiger partial charge in [-0.2, -0.15) is 4.31 Å². The van der Waals surface area contributed by atoms with Crippen LogP contribution >= 0.6 is 12.4 Å². The van der Waals surface area contributed by atoms with Crippen molar-refractivity contribution in [3.8, 4) is 5.75 Å². The van der Waals surface area contributed by atoms with E-state index in [2.05, 4.69) is 5.32 Å². The van der Waals surface area contributed by atoms with E-state index in [1.807, 2.05) is 0 Å². The first-order valence-electron chi connectivity index (χ1n) is 8.27. The number of anilines is 2. The number of ether oxygens (including phenoxy) is 1. The summed E-state index contributed by atoms with van der Waals surface area (Å²) < 4.78 is 32.4. The quantitative estimate of drug-likeness (QED) is 0.736. The number of halogens is 1. The lowest BCUT2D eigenvalue weighted by Gasteiger charge is -2.18. The Hall–Kier alpha value is -2.29. The van der Waals surface area contributed by atoms with Crippen molar-refractivity contribution in [1.82, 2.24) is 4.31 Å². The van der Waals surface area contributed by atoms with Crippen molar-refractivity contribution < 1.29 is 17.9 Å². The predicted molar refractivity (Wildman–Crippen MR) is 107 cm³/mol. The minimum atomic E-state index is -3.71. The van der Waals surface area contributed by atoms with E-state index in [1.165, 1.54) is 29.6 Å². The molecule has 1 heterocycles. The van der Waals surface area contributed by atoms with Crippen LogP contribution in [-0.2, 0) is 10.0 Å². The molecule has 3 N–H and O–H groups in total. The molecule has 7 nitrogen and oxygen atoms in total. The average molecular weight is 412 g/mol. The molecule has 146 valence electrons. The molecule has 2 aromatic carbocycles. The fourth-order valence-corrected chi connectivity index (χ4v) is 4.59. The maximum atomic E-state index is 12.9. The zero-order valence-corrected chi connectivity index (χ0v) is 16.5. The molecule has 0 aliphatic carbocycles. The number of methoxy groups -OCH3 is 1. The van der Waals surface area contributed by atoms with Gasteiger partial charge in [0, 0.05) is 18.7 Å². The van der Waals surface area contributed by atoms with Gasteiger partial charge in [-0.05, 0) is 43.2 Å². The van der Waals surface area contributed by atoms with Gasteiger partial charge >= 0.3 is 0 Å². The number of nitrogen functional groups attached to an aromatic ring is 1. The Balaban J connectivity index is 0.00000261. The van der Waals surface area contributed by atoms with Crippen LogP contribution in [0.3, 0.4) is 0 Å². The summed E-state index contributed by atoms with van der Waals surface area (Å²) in [6.45, 7) is 0.949. The lowest BCUT2D eigenvalue weighted by atomic mass is 10.2. The Morgan fingerprint density at radius 1 is 1.15 bits per heavy atom. The summed E-state index contributed by atoms with van der Waals surface area (Å²) in [4.78, 5) is 12.5. The number of carbonyl (C=O) groups excluding carboxylic acids is 1. The van der Waals surface area contributed by atoms with E-state index in [0.29, 0.717) is 24.5 Å². The van der Waals surface area contributed by atoms with Crippen molar-refractivity contribution >= 4 is 39.7 Å². The molecule has 1 aliphatic rings. The molecule has 27 heavy (non-hydrogen) atoms. The molecule has 0 saturated carbocycles. The van der Waals surface area contributed by atoms with Gasteiger partial charge in [0.2, 0.25) is 10.0 Å². The minimum absolute atomic E-state index is 0. The second-order valence-corrected chi connectivity index (χ2v) is 7.92. The number of para-hydroxylation sites is 2. The van der Waals surface area contributed by atoms with Crippen molar-refractivity contribution in [3.05, 3.63) is 48.0 Å². The van der Waals surface area contributed by atoms with E-state index < -0.39 is 15.9 Å². The number of nitrogens with zero attached hydrogens (tertiary/aromatic N) is 1. The van der Waals surface area contributed by atoms with E-state index >= 15 is 0 Å². The third-order valence-corrected chi connectivity index (χ3v) is 6.24. The van der Waals surface area contributed by atoms with Crippen molar-refractivity contribution in [1.29, 1.82) is 0 Å². The first-order valence-corrected chi connectivity index (χ1v) is 9.71. The molecule has 9 heteroatoms. The summed E-state index contributed by atoms with van der Waals surface area (Å²) in [7, 11) is -2.31. The number of hydrogen-bond acceptors (Lipinski definition) is 5. The molecule has 0 radical (unpaired) electrons. The Kier molecular flexibility index (Phi) is 6.69. The number of sulfonamides is 1. The number of nitrogens with two attached hydrogens (primary N) is 1. The summed E-state index contributed by atoms with van der Waals surface area (Å²) in [5, 5.41) is 2.70. The van der Waals surface area contributed by atoms with E-state index in [4.69, 9.17) is 10.5 Å². The molecule has 1 aliphatic heterocycles. The summed E-state index contributed by atoms with van der Waals surface area (Å²) in [5.74, 6) is -0.226. The van der Waals surface area contributed by atoms with E-state index in [-0.39, 0.29) is 28.6 Å². The van der Waals surface area contributed by atoms with Crippen molar-refractivity contribution in [2.75, 3.05) is 31.2 Å². The molecule has 0 spiro atoms. The summed E-state index contributed by atoms with van der Waals surface area (Å²) in [6, 6.07) is 11.2. The fourth-order valence-electron chi connectivity index (χ4n) is 2.89. The monoisotopic (exact) mass is 411 g/mol. The molecular weight excluding hydrogens is 390 g/mol. The van der Waals surface area contributed by atoms with Crippen molar-refractivity contribution in [2.45, 2.75) is 17.7 Å². The van der Waals surface area contributed by atoms with Gasteiger partial charge in [-0.25, -0.2) is 8.42 Å². The SMILES string of the molecule is COc1ccc(C(=O)Nc2ccccc2N)cc1S(=O)(=O)N1CCCC1.Cl. The minimum Gasteiger partial charge on any atom is -0.495 e. The van der Waals surface area contributed by atoms with Crippen LogP contribution in [0.25, 0.3) is 0 Å². The van der Waals surface area contributed by atoms with E-state index in [1.54, 1.807) is 24.3 Å². The summed E-state index contributed by atoms with van der Waals surface area (Å²) in [5.41, 5.74) is 6.95. The molecule has 0 unspecified atom stereocenters. The number of amides is 1. The molecule has 0 aromatic heterocycles. The van der Waals surface area contributed by atoms with Gasteiger partial charge in [0.25, 0.3) is 5.91 Å². The Labute approximate surface area is 165 Å². The molecule has 1 amide bonds. The van der Waals surface area contributed by atoms with Crippen molar-refractivity contribution in [3.63, 3.8) is 0 Å². The molecule has 3 rings (SSSR count). The normalized spacial score (nSPS) is 14.4. The van der Waals surface area contributed by atoms with Crippen LogP contribution in [0, 0.1) is 0 Å². The molecule has 0 atom stereocenters. The number of hydrogen-bond donors (Lipinski definition) is 2. The lowest BCUT2D eigenvalue weighted by Crippen LogP contribution is -2.28. The van der Waals surface area contributed by atoms with Gasteiger partial charge in [0.15, 0.2) is 0 Å². The predicted octanol–water partition coefficient (Wildman–Crippen LogP) is 2.74. The third-order valence-electron chi connectivity index (χ3n) is 4.32. The van der Waals surface area contributed by atoms with Crippen LogP contribution in [0.4, 0.5) is 11.4 Å². The van der Waals surface area contributed by atoms with Gasteiger partial charge in [-0.3, -0.25) is 4.79 Å². The van der Waals surface area contributed by atoms with Crippen LogP contribution < -0.4 is 15.8 Å². The average Bonchev–Trinajstić information content (AvgIpc) is 3.18. The first kappa shape index (κ1) is 21.0. The van der Waals surface area contributed by atoms with Crippen LogP contribution in [0.2, 0.25) is 0 Å². The van der Waals surface area contributed by atoms with Crippen molar-refractivity contribution in [2.24, 2.45) is 0 Å². The van der Waals surface area contributed by atoms with Crippen LogP contribution in [0.15, 0.2) is 47.4 Å². The van der Waals surface area contributed by atoms with E-state index in [9.17, 15) is 13.2 Å². The zero-order valence-electron chi connectivity index (χ0n) is 14.8. The van der Waals surface area contributed by atoms with Crippen LogP contribution in [-0.4, -0.2) is 38.8 Å². The first-order chi connectivity index (χ1) is 12.4. The number of rotatable bonds is 5. The fraction of sp³-hybridized carbons (Fsp3) is 0.278. The van der Waals surface area contributed by atoms with Gasteiger partial charge in [-0.15, -0.1) is 12.4 Å². The number of nitrogens with one attached hydrogen (secondary N) is 1. The zero-order chi connectivity index (χ0) is 18.7.